The van der Waals surface area contributed by atoms with Crippen LogP contribution in [-0.2, 0) is 19.6 Å². The quantitative estimate of drug-likeness (QED) is 0.590. The summed E-state index contributed by atoms with van der Waals surface area (Å²) in [5.41, 5.74) is 0. The van der Waals surface area contributed by atoms with Gasteiger partial charge in [0.05, 0.1) is 19.3 Å². The van der Waals surface area contributed by atoms with Gasteiger partial charge < -0.3 is 10.1 Å². The molecule has 1 aliphatic carbocycles. The van der Waals surface area contributed by atoms with E-state index >= 15 is 0 Å². The van der Waals surface area contributed by atoms with Crippen LogP contribution in [0.2, 0.25) is 0 Å². The molecule has 1 saturated heterocycles. The first kappa shape index (κ1) is 11.8. The van der Waals surface area contributed by atoms with Gasteiger partial charge in [-0.15, -0.1) is 0 Å². The molecule has 0 aromatic rings. The van der Waals surface area contributed by atoms with Gasteiger partial charge in [-0.1, -0.05) is 0 Å². The van der Waals surface area contributed by atoms with Crippen molar-refractivity contribution in [2.24, 2.45) is 11.8 Å². The summed E-state index contributed by atoms with van der Waals surface area (Å²) < 4.78 is 30.2. The van der Waals surface area contributed by atoms with Crippen molar-refractivity contribution in [3.63, 3.8) is 0 Å². The lowest BCUT2D eigenvalue weighted by Crippen LogP contribution is -2.34. The van der Waals surface area contributed by atoms with Crippen molar-refractivity contribution >= 4 is 16.0 Å². The van der Waals surface area contributed by atoms with Crippen molar-refractivity contribution < 1.29 is 17.9 Å². The zero-order valence-electron chi connectivity index (χ0n) is 9.10. The lowest BCUT2D eigenvalue weighted by molar-refractivity contribution is -0.140. The van der Waals surface area contributed by atoms with Crippen molar-refractivity contribution in [3.8, 4) is 0 Å². The first-order valence-corrected chi connectivity index (χ1v) is 6.96. The second-order valence-electron chi connectivity index (χ2n) is 4.27. The number of carbonyl (C=O) groups is 1. The smallest absolute Gasteiger partial charge is 0.306 e. The van der Waals surface area contributed by atoms with Gasteiger partial charge in [0.1, 0.15) is 0 Å². The van der Waals surface area contributed by atoms with Gasteiger partial charge in [0.2, 0.25) is 10.0 Å². The highest BCUT2D eigenvalue weighted by molar-refractivity contribution is 7.89. The monoisotopic (exact) mass is 248 g/mol. The van der Waals surface area contributed by atoms with Crippen LogP contribution in [0, 0.1) is 11.8 Å². The van der Waals surface area contributed by atoms with Gasteiger partial charge in [-0.3, -0.25) is 4.79 Å². The molecule has 2 unspecified atom stereocenters. The lowest BCUT2D eigenvalue weighted by atomic mass is 10.4. The van der Waals surface area contributed by atoms with E-state index in [1.165, 1.54) is 7.11 Å². The van der Waals surface area contributed by atoms with E-state index in [2.05, 4.69) is 14.8 Å². The lowest BCUT2D eigenvalue weighted by Gasteiger charge is -2.08. The van der Waals surface area contributed by atoms with E-state index in [0.717, 1.165) is 13.1 Å². The molecular formula is C9H16N2O4S. The van der Waals surface area contributed by atoms with Crippen LogP contribution in [0.25, 0.3) is 0 Å². The van der Waals surface area contributed by atoms with Crippen LogP contribution in [-0.4, -0.2) is 46.4 Å². The molecule has 2 fully saturated rings. The second-order valence-corrected chi connectivity index (χ2v) is 6.15. The molecule has 1 aliphatic heterocycles. The van der Waals surface area contributed by atoms with E-state index in [9.17, 15) is 13.2 Å². The minimum Gasteiger partial charge on any atom is -0.469 e. The van der Waals surface area contributed by atoms with E-state index in [0.29, 0.717) is 11.8 Å². The van der Waals surface area contributed by atoms with E-state index in [1.807, 2.05) is 0 Å². The van der Waals surface area contributed by atoms with Gasteiger partial charge in [-0.25, -0.2) is 13.1 Å². The summed E-state index contributed by atoms with van der Waals surface area (Å²) in [5, 5.41) is 3.19. The molecule has 1 saturated carbocycles. The molecule has 2 aliphatic rings. The van der Waals surface area contributed by atoms with Crippen LogP contribution >= 0.6 is 0 Å². The first-order chi connectivity index (χ1) is 7.53. The van der Waals surface area contributed by atoms with Crippen LogP contribution in [0.1, 0.15) is 6.42 Å². The Labute approximate surface area is 94.8 Å². The highest BCUT2D eigenvalue weighted by Gasteiger charge is 2.54. The Balaban J connectivity index is 1.78. The highest BCUT2D eigenvalue weighted by Crippen LogP contribution is 2.41. The number of ether oxygens (including phenoxy) is 1. The molecule has 1 heterocycles. The van der Waals surface area contributed by atoms with Crippen LogP contribution in [0.5, 0.6) is 0 Å². The van der Waals surface area contributed by atoms with Gasteiger partial charge in [0.25, 0.3) is 0 Å². The summed E-state index contributed by atoms with van der Waals surface area (Å²) in [6, 6.07) is 0.0731. The number of rotatable bonds is 5. The molecule has 16 heavy (non-hydrogen) atoms. The number of sulfonamides is 1. The fourth-order valence-electron chi connectivity index (χ4n) is 2.18. The average molecular weight is 248 g/mol. The topological polar surface area (TPSA) is 84.5 Å². The summed E-state index contributed by atoms with van der Waals surface area (Å²) in [5.74, 6) is 0.187. The van der Waals surface area contributed by atoms with Gasteiger partial charge in [0.15, 0.2) is 0 Å². The van der Waals surface area contributed by atoms with Crippen molar-refractivity contribution in [3.05, 3.63) is 0 Å². The zero-order chi connectivity index (χ0) is 11.8. The third-order valence-corrected chi connectivity index (χ3v) is 4.58. The molecule has 2 rings (SSSR count). The molecule has 92 valence electrons. The maximum Gasteiger partial charge on any atom is 0.306 e. The molecule has 2 atom stereocenters. The van der Waals surface area contributed by atoms with Gasteiger partial charge in [-0.05, 0) is 24.9 Å². The van der Waals surface area contributed by atoms with Crippen LogP contribution in [0.4, 0.5) is 0 Å². The number of esters is 1. The Hall–Kier alpha value is -0.660. The maximum absolute atomic E-state index is 11.6. The number of hydrogen-bond donors (Lipinski definition) is 2. The van der Waals surface area contributed by atoms with Gasteiger partial charge in [0, 0.05) is 6.04 Å². The highest BCUT2D eigenvalue weighted by atomic mass is 32.2. The first-order valence-electron chi connectivity index (χ1n) is 5.31. The van der Waals surface area contributed by atoms with Crippen molar-refractivity contribution in [2.45, 2.75) is 12.5 Å². The molecule has 0 radical (unpaired) electrons. The third kappa shape index (κ3) is 2.53. The van der Waals surface area contributed by atoms with E-state index in [1.54, 1.807) is 0 Å². The summed E-state index contributed by atoms with van der Waals surface area (Å²) in [6.07, 6.45) is -0.0911. The minimum absolute atomic E-state index is 0.0731. The SMILES string of the molecule is COC(=O)CCS(=O)(=O)NC1C2CNCC21. The molecule has 0 bridgehead atoms. The molecule has 0 spiro atoms. The molecule has 0 amide bonds. The van der Waals surface area contributed by atoms with Crippen molar-refractivity contribution in [1.29, 1.82) is 0 Å². The standard InChI is InChI=1S/C9H16N2O4S/c1-15-8(12)2-3-16(13,14)11-9-6-4-10-5-7(6)9/h6-7,9-11H,2-5H2,1H3. The number of methoxy groups -OCH3 is 1. The number of hydrogen-bond acceptors (Lipinski definition) is 5. The Kier molecular flexibility index (Phi) is 3.18. The molecule has 0 aromatic heterocycles. The predicted octanol–water partition coefficient (Wildman–Crippen LogP) is -1.31. The second kappa shape index (κ2) is 4.31. The summed E-state index contributed by atoms with van der Waals surface area (Å²) in [6.45, 7) is 1.77. The van der Waals surface area contributed by atoms with E-state index in [-0.39, 0.29) is 18.2 Å². The predicted molar refractivity (Wildman–Crippen MR) is 57.2 cm³/mol. The van der Waals surface area contributed by atoms with Crippen LogP contribution in [0.3, 0.4) is 0 Å². The number of nitrogens with one attached hydrogen (secondary N) is 2. The molecule has 6 nitrogen and oxygen atoms in total. The Morgan fingerprint density at radius 3 is 2.62 bits per heavy atom. The van der Waals surface area contributed by atoms with Crippen LogP contribution < -0.4 is 10.0 Å². The van der Waals surface area contributed by atoms with Gasteiger partial charge in [-0.2, -0.15) is 0 Å². The molecular weight excluding hydrogens is 232 g/mol. The molecule has 7 heteroatoms. The zero-order valence-corrected chi connectivity index (χ0v) is 9.92. The van der Waals surface area contributed by atoms with Gasteiger partial charge >= 0.3 is 5.97 Å². The van der Waals surface area contributed by atoms with E-state index < -0.39 is 16.0 Å². The number of piperidine rings is 1. The fraction of sp³-hybridized carbons (Fsp3) is 0.889. The summed E-state index contributed by atoms with van der Waals surface area (Å²) in [7, 11) is -2.09. The summed E-state index contributed by atoms with van der Waals surface area (Å²) >= 11 is 0. The third-order valence-electron chi connectivity index (χ3n) is 3.21. The maximum atomic E-state index is 11.6. The number of carbonyl (C=O) groups excluding carboxylic acids is 1. The Morgan fingerprint density at radius 1 is 1.44 bits per heavy atom. The normalized spacial score (nSPS) is 32.2. The van der Waals surface area contributed by atoms with E-state index in [4.69, 9.17) is 0 Å². The van der Waals surface area contributed by atoms with Crippen molar-refractivity contribution in [1.82, 2.24) is 10.0 Å². The Morgan fingerprint density at radius 2 is 2.06 bits per heavy atom. The fourth-order valence-corrected chi connectivity index (χ4v) is 3.50. The average Bonchev–Trinajstić information content (AvgIpc) is 2.69. The Bertz CT molecular complexity index is 371. The molecule has 0 aromatic carbocycles. The minimum atomic E-state index is -3.34. The van der Waals surface area contributed by atoms with Crippen molar-refractivity contribution in [2.75, 3.05) is 26.0 Å². The molecule has 2 N–H and O–H groups in total. The number of fused-ring (bicyclic) bond motifs is 1. The largest absolute Gasteiger partial charge is 0.469 e. The summed E-state index contributed by atoms with van der Waals surface area (Å²) in [4.78, 5) is 10.8. The van der Waals surface area contributed by atoms with Crippen LogP contribution in [0.15, 0.2) is 0 Å².